The summed E-state index contributed by atoms with van der Waals surface area (Å²) >= 11 is 1.51. The average Bonchev–Trinajstić information content (AvgIpc) is 2.78. The third-order valence-corrected chi connectivity index (χ3v) is 3.28. The lowest BCUT2D eigenvalue weighted by Crippen LogP contribution is -2.07. The van der Waals surface area contributed by atoms with E-state index in [0.29, 0.717) is 6.61 Å². The smallest absolute Gasteiger partial charge is 0.311 e. The Morgan fingerprint density at radius 3 is 2.78 bits per heavy atom. The maximum atomic E-state index is 11.3. The Morgan fingerprint density at radius 2 is 2.11 bits per heavy atom. The molecular formula is C13H14N2O2S. The fourth-order valence-electron chi connectivity index (χ4n) is 1.51. The number of carbonyl (C=O) groups is 1. The number of ether oxygens (including phenoxy) is 1. The van der Waals surface area contributed by atoms with Crippen molar-refractivity contribution in [3.63, 3.8) is 0 Å². The quantitative estimate of drug-likeness (QED) is 0.679. The molecule has 18 heavy (non-hydrogen) atoms. The first-order valence-electron chi connectivity index (χ1n) is 5.65. The fourth-order valence-corrected chi connectivity index (χ4v) is 2.33. The van der Waals surface area contributed by atoms with Crippen LogP contribution in [0.1, 0.15) is 12.6 Å². The molecule has 0 fully saturated rings. The van der Waals surface area contributed by atoms with Gasteiger partial charge in [-0.25, -0.2) is 4.98 Å². The van der Waals surface area contributed by atoms with Gasteiger partial charge in [-0.1, -0.05) is 0 Å². The molecule has 0 amide bonds. The Bertz CT molecular complexity index is 534. The van der Waals surface area contributed by atoms with Gasteiger partial charge >= 0.3 is 5.97 Å². The number of hydrogen-bond donors (Lipinski definition) is 1. The number of anilines is 1. The molecule has 2 rings (SSSR count). The van der Waals surface area contributed by atoms with Crippen LogP contribution in [-0.2, 0) is 16.0 Å². The van der Waals surface area contributed by atoms with Crippen molar-refractivity contribution in [2.24, 2.45) is 0 Å². The van der Waals surface area contributed by atoms with Gasteiger partial charge in [-0.3, -0.25) is 4.79 Å². The van der Waals surface area contributed by atoms with Gasteiger partial charge in [0.15, 0.2) is 0 Å². The van der Waals surface area contributed by atoms with E-state index in [-0.39, 0.29) is 12.4 Å². The molecule has 1 aromatic carbocycles. The van der Waals surface area contributed by atoms with Crippen molar-refractivity contribution in [3.8, 4) is 10.6 Å². The first-order valence-corrected chi connectivity index (χ1v) is 6.53. The predicted molar refractivity (Wildman–Crippen MR) is 72.3 cm³/mol. The predicted octanol–water partition coefficient (Wildman–Crippen LogP) is 2.50. The molecule has 0 saturated carbocycles. The molecule has 0 saturated heterocycles. The Morgan fingerprint density at radius 1 is 1.39 bits per heavy atom. The SMILES string of the molecule is CCOC(=O)Cc1csc(-c2ccc(N)cc2)n1. The highest BCUT2D eigenvalue weighted by molar-refractivity contribution is 7.13. The van der Waals surface area contributed by atoms with Crippen molar-refractivity contribution in [1.82, 2.24) is 4.98 Å². The molecule has 0 aliphatic rings. The summed E-state index contributed by atoms with van der Waals surface area (Å²) < 4.78 is 4.89. The normalized spacial score (nSPS) is 10.3. The van der Waals surface area contributed by atoms with Crippen molar-refractivity contribution in [2.45, 2.75) is 13.3 Å². The van der Waals surface area contributed by atoms with Crippen molar-refractivity contribution in [2.75, 3.05) is 12.3 Å². The van der Waals surface area contributed by atoms with Gasteiger partial charge in [-0.2, -0.15) is 0 Å². The maximum absolute atomic E-state index is 11.3. The molecule has 0 spiro atoms. The second kappa shape index (κ2) is 5.64. The molecule has 1 heterocycles. The molecule has 0 bridgehead atoms. The number of nitrogen functional groups attached to an aromatic ring is 1. The van der Waals surface area contributed by atoms with Gasteiger partial charge in [0, 0.05) is 16.6 Å². The van der Waals surface area contributed by atoms with Gasteiger partial charge < -0.3 is 10.5 Å². The molecule has 94 valence electrons. The van der Waals surface area contributed by atoms with Crippen molar-refractivity contribution >= 4 is 23.0 Å². The highest BCUT2D eigenvalue weighted by Crippen LogP contribution is 2.24. The number of rotatable bonds is 4. The molecule has 0 unspecified atom stereocenters. The summed E-state index contributed by atoms with van der Waals surface area (Å²) in [5.41, 5.74) is 8.10. The Kier molecular flexibility index (Phi) is 3.94. The minimum atomic E-state index is -0.244. The summed E-state index contributed by atoms with van der Waals surface area (Å²) in [6, 6.07) is 7.51. The van der Waals surface area contributed by atoms with Crippen LogP contribution in [0.3, 0.4) is 0 Å². The van der Waals surface area contributed by atoms with Gasteiger partial charge in [0.25, 0.3) is 0 Å². The largest absolute Gasteiger partial charge is 0.466 e. The van der Waals surface area contributed by atoms with Crippen molar-refractivity contribution in [1.29, 1.82) is 0 Å². The Balaban J connectivity index is 2.10. The van der Waals surface area contributed by atoms with E-state index in [1.807, 2.05) is 29.6 Å². The van der Waals surface area contributed by atoms with E-state index in [9.17, 15) is 4.79 Å². The van der Waals surface area contributed by atoms with Gasteiger partial charge in [0.1, 0.15) is 5.01 Å². The van der Waals surface area contributed by atoms with Crippen molar-refractivity contribution in [3.05, 3.63) is 35.3 Å². The second-order valence-electron chi connectivity index (χ2n) is 3.75. The molecule has 1 aromatic heterocycles. The molecule has 2 aromatic rings. The summed E-state index contributed by atoms with van der Waals surface area (Å²) in [4.78, 5) is 15.7. The number of thiazole rings is 1. The first kappa shape index (κ1) is 12.6. The average molecular weight is 262 g/mol. The van der Waals surface area contributed by atoms with Crippen LogP contribution in [0.4, 0.5) is 5.69 Å². The molecular weight excluding hydrogens is 248 g/mol. The number of esters is 1. The highest BCUT2D eigenvalue weighted by atomic mass is 32.1. The number of nitrogens with two attached hydrogens (primary N) is 1. The standard InChI is InChI=1S/C13H14N2O2S/c1-2-17-12(16)7-11-8-18-13(15-11)9-3-5-10(14)6-4-9/h3-6,8H,2,7,14H2,1H3. The van der Waals surface area contributed by atoms with Crippen LogP contribution in [0.2, 0.25) is 0 Å². The van der Waals surface area contributed by atoms with Crippen molar-refractivity contribution < 1.29 is 9.53 Å². The number of hydrogen-bond acceptors (Lipinski definition) is 5. The van der Waals surface area contributed by atoms with E-state index in [4.69, 9.17) is 10.5 Å². The monoisotopic (exact) mass is 262 g/mol. The van der Waals surface area contributed by atoms with Crippen LogP contribution in [0.25, 0.3) is 10.6 Å². The summed E-state index contributed by atoms with van der Waals surface area (Å²) in [7, 11) is 0. The summed E-state index contributed by atoms with van der Waals surface area (Å²) in [6.07, 6.45) is 0.222. The topological polar surface area (TPSA) is 65.2 Å². The van der Waals surface area contributed by atoms with E-state index in [0.717, 1.165) is 22.0 Å². The van der Waals surface area contributed by atoms with Crippen LogP contribution in [0.15, 0.2) is 29.6 Å². The molecule has 4 nitrogen and oxygen atoms in total. The highest BCUT2D eigenvalue weighted by Gasteiger charge is 2.09. The molecule has 5 heteroatoms. The van der Waals surface area contributed by atoms with E-state index >= 15 is 0 Å². The van der Waals surface area contributed by atoms with Crippen LogP contribution in [0, 0.1) is 0 Å². The second-order valence-corrected chi connectivity index (χ2v) is 4.61. The maximum Gasteiger partial charge on any atom is 0.311 e. The summed E-state index contributed by atoms with van der Waals surface area (Å²) in [6.45, 7) is 2.19. The molecule has 2 N–H and O–H groups in total. The minimum Gasteiger partial charge on any atom is -0.466 e. The van der Waals surface area contributed by atoms with Gasteiger partial charge in [-0.15, -0.1) is 11.3 Å². The number of carbonyl (C=O) groups excluding carboxylic acids is 1. The van der Waals surface area contributed by atoms with E-state index in [1.165, 1.54) is 11.3 Å². The van der Waals surface area contributed by atoms with Gasteiger partial charge in [0.05, 0.1) is 18.7 Å². The zero-order valence-electron chi connectivity index (χ0n) is 10.1. The van der Waals surface area contributed by atoms with Crippen LogP contribution < -0.4 is 5.73 Å². The molecule has 0 aliphatic heterocycles. The van der Waals surface area contributed by atoms with Gasteiger partial charge in [-0.05, 0) is 31.2 Å². The Hall–Kier alpha value is -1.88. The zero-order valence-corrected chi connectivity index (χ0v) is 10.9. The van der Waals surface area contributed by atoms with E-state index in [2.05, 4.69) is 4.98 Å². The van der Waals surface area contributed by atoms with Crippen LogP contribution in [0.5, 0.6) is 0 Å². The van der Waals surface area contributed by atoms with Crippen LogP contribution in [-0.4, -0.2) is 17.6 Å². The molecule has 0 radical (unpaired) electrons. The Labute approximate surface area is 109 Å². The van der Waals surface area contributed by atoms with Gasteiger partial charge in [0.2, 0.25) is 0 Å². The van der Waals surface area contributed by atoms with E-state index < -0.39 is 0 Å². The summed E-state index contributed by atoms with van der Waals surface area (Å²) in [5.74, 6) is -0.244. The molecule has 0 aliphatic carbocycles. The number of nitrogens with zero attached hydrogens (tertiary/aromatic N) is 1. The lowest BCUT2D eigenvalue weighted by molar-refractivity contribution is -0.142. The fraction of sp³-hybridized carbons (Fsp3) is 0.231. The van der Waals surface area contributed by atoms with E-state index in [1.54, 1.807) is 6.92 Å². The third kappa shape index (κ3) is 3.07. The third-order valence-electron chi connectivity index (χ3n) is 2.34. The lowest BCUT2D eigenvalue weighted by Gasteiger charge is -1.98. The number of benzene rings is 1. The zero-order chi connectivity index (χ0) is 13.0. The van der Waals surface area contributed by atoms with Crippen LogP contribution >= 0.6 is 11.3 Å². The summed E-state index contributed by atoms with van der Waals surface area (Å²) in [5, 5.41) is 2.76. The first-order chi connectivity index (χ1) is 8.69. The lowest BCUT2D eigenvalue weighted by atomic mass is 10.2. The minimum absolute atomic E-state index is 0.222. The molecule has 0 atom stereocenters. The number of aromatic nitrogens is 1.